The number of pyridine rings is 1. The van der Waals surface area contributed by atoms with Crippen molar-refractivity contribution in [2.75, 3.05) is 11.5 Å². The summed E-state index contributed by atoms with van der Waals surface area (Å²) in [6.45, 7) is 0. The van der Waals surface area contributed by atoms with Gasteiger partial charge in [0.15, 0.2) is 0 Å². The largest absolute Gasteiger partial charge is 0.508 e. The second-order valence-corrected chi connectivity index (χ2v) is 3.42. The van der Waals surface area contributed by atoms with Gasteiger partial charge in [0.05, 0.1) is 5.69 Å². The summed E-state index contributed by atoms with van der Waals surface area (Å²) in [6, 6.07) is 7.60. The lowest BCUT2D eigenvalue weighted by Crippen LogP contribution is -2.21. The minimum Gasteiger partial charge on any atom is -0.508 e. The molecule has 5 N–H and O–H groups in total. The number of hydrogen-bond acceptors (Lipinski definition) is 4. The molecule has 0 aliphatic heterocycles. The summed E-state index contributed by atoms with van der Waals surface area (Å²) >= 11 is 0. The van der Waals surface area contributed by atoms with Gasteiger partial charge in [-0.1, -0.05) is 0 Å². The highest BCUT2D eigenvalue weighted by Gasteiger charge is 2.04. The van der Waals surface area contributed by atoms with E-state index < -0.39 is 0 Å². The van der Waals surface area contributed by atoms with Crippen molar-refractivity contribution in [2.24, 2.45) is 0 Å². The van der Waals surface area contributed by atoms with Gasteiger partial charge in [0.1, 0.15) is 11.4 Å². The topological polar surface area (TPSA) is 94.3 Å². The number of nitrogens with zero attached hydrogens (tertiary/aromatic N) is 1. The Morgan fingerprint density at radius 2 is 1.75 bits per heavy atom. The lowest BCUT2D eigenvalue weighted by atomic mass is 10.3. The average Bonchev–Trinajstić information content (AvgIpc) is 2.25. The van der Waals surface area contributed by atoms with Gasteiger partial charge in [0.2, 0.25) is 0 Å². The van der Waals surface area contributed by atoms with Gasteiger partial charge in [-0.3, -0.25) is 9.36 Å². The summed E-state index contributed by atoms with van der Waals surface area (Å²) in [5.74, 6) is 0.133. The van der Waals surface area contributed by atoms with Crippen LogP contribution in [-0.4, -0.2) is 9.67 Å². The average molecular weight is 217 g/mol. The molecular formula is C11H11N3O2. The van der Waals surface area contributed by atoms with Gasteiger partial charge in [0, 0.05) is 11.9 Å². The van der Waals surface area contributed by atoms with Gasteiger partial charge in [-0.05, 0) is 30.3 Å². The first kappa shape index (κ1) is 10.1. The van der Waals surface area contributed by atoms with Gasteiger partial charge in [0.25, 0.3) is 5.56 Å². The van der Waals surface area contributed by atoms with Crippen LogP contribution in [0, 0.1) is 0 Å². The molecule has 5 nitrogen and oxygen atoms in total. The van der Waals surface area contributed by atoms with E-state index in [9.17, 15) is 4.79 Å². The molecule has 0 atom stereocenters. The molecule has 0 bridgehead atoms. The molecule has 0 unspecified atom stereocenters. The smallest absolute Gasteiger partial charge is 0.278 e. The maximum absolute atomic E-state index is 11.7. The van der Waals surface area contributed by atoms with E-state index in [2.05, 4.69) is 0 Å². The first-order valence-corrected chi connectivity index (χ1v) is 4.65. The predicted octanol–water partition coefficient (Wildman–Crippen LogP) is 0.708. The van der Waals surface area contributed by atoms with Crippen LogP contribution in [0.5, 0.6) is 5.75 Å². The maximum atomic E-state index is 11.7. The van der Waals surface area contributed by atoms with Gasteiger partial charge in [-0.25, -0.2) is 0 Å². The molecule has 0 aliphatic rings. The first-order valence-electron chi connectivity index (χ1n) is 4.65. The van der Waals surface area contributed by atoms with Crippen molar-refractivity contribution in [1.29, 1.82) is 0 Å². The molecular weight excluding hydrogens is 206 g/mol. The molecule has 1 heterocycles. The van der Waals surface area contributed by atoms with E-state index in [1.807, 2.05) is 0 Å². The molecule has 2 rings (SSSR count). The summed E-state index contributed by atoms with van der Waals surface area (Å²) in [4.78, 5) is 11.7. The van der Waals surface area contributed by atoms with E-state index in [0.29, 0.717) is 11.4 Å². The Balaban J connectivity index is 2.64. The molecule has 1 aromatic carbocycles. The van der Waals surface area contributed by atoms with Gasteiger partial charge < -0.3 is 16.6 Å². The number of phenolic OH excluding ortho intramolecular Hbond substituents is 1. The quantitative estimate of drug-likeness (QED) is 0.655. The number of nitrogens with two attached hydrogens (primary N) is 2. The van der Waals surface area contributed by atoms with Crippen LogP contribution in [0.1, 0.15) is 0 Å². The van der Waals surface area contributed by atoms with E-state index in [-0.39, 0.29) is 17.0 Å². The number of aromatic hydroxyl groups is 1. The first-order chi connectivity index (χ1) is 7.58. The molecule has 0 aliphatic carbocycles. The molecule has 0 fully saturated rings. The second kappa shape index (κ2) is 3.62. The standard InChI is InChI=1S/C11H11N3O2/c12-7-5-10(13)11(16)14(6-7)8-1-3-9(15)4-2-8/h1-6,15H,12-13H2. The van der Waals surface area contributed by atoms with E-state index in [1.54, 1.807) is 12.1 Å². The Morgan fingerprint density at radius 1 is 1.12 bits per heavy atom. The molecule has 1 aromatic heterocycles. The van der Waals surface area contributed by atoms with Crippen LogP contribution in [-0.2, 0) is 0 Å². The summed E-state index contributed by atoms with van der Waals surface area (Å²) in [6.07, 6.45) is 1.49. The number of nitrogen functional groups attached to an aromatic ring is 2. The normalized spacial score (nSPS) is 10.2. The van der Waals surface area contributed by atoms with Crippen molar-refractivity contribution < 1.29 is 5.11 Å². The fourth-order valence-electron chi connectivity index (χ4n) is 1.43. The van der Waals surface area contributed by atoms with Crippen molar-refractivity contribution in [2.45, 2.75) is 0 Å². The summed E-state index contributed by atoms with van der Waals surface area (Å²) in [5.41, 5.74) is 11.9. The van der Waals surface area contributed by atoms with E-state index in [0.717, 1.165) is 0 Å². The lowest BCUT2D eigenvalue weighted by molar-refractivity contribution is 0.475. The van der Waals surface area contributed by atoms with Crippen molar-refractivity contribution in [1.82, 2.24) is 4.57 Å². The fraction of sp³-hybridized carbons (Fsp3) is 0. The van der Waals surface area contributed by atoms with Crippen LogP contribution < -0.4 is 17.0 Å². The SMILES string of the molecule is Nc1cc(N)c(=O)n(-c2ccc(O)cc2)c1. The summed E-state index contributed by atoms with van der Waals surface area (Å²) in [5, 5.41) is 9.15. The Hall–Kier alpha value is -2.43. The van der Waals surface area contributed by atoms with Crippen LogP contribution in [0.3, 0.4) is 0 Å². The number of anilines is 2. The molecule has 16 heavy (non-hydrogen) atoms. The second-order valence-electron chi connectivity index (χ2n) is 3.42. The monoisotopic (exact) mass is 217 g/mol. The Kier molecular flexibility index (Phi) is 2.28. The van der Waals surface area contributed by atoms with Crippen molar-refractivity contribution in [3.05, 3.63) is 46.9 Å². The highest BCUT2D eigenvalue weighted by atomic mass is 16.3. The van der Waals surface area contributed by atoms with Crippen LogP contribution in [0.2, 0.25) is 0 Å². The Bertz CT molecular complexity index is 573. The van der Waals surface area contributed by atoms with Crippen LogP contribution in [0.15, 0.2) is 41.3 Å². The maximum Gasteiger partial charge on any atom is 0.278 e. The van der Waals surface area contributed by atoms with E-state index in [4.69, 9.17) is 16.6 Å². The number of phenols is 1. The third-order valence-electron chi connectivity index (χ3n) is 2.19. The highest BCUT2D eigenvalue weighted by Crippen LogP contribution is 2.14. The van der Waals surface area contributed by atoms with Crippen LogP contribution >= 0.6 is 0 Å². The van der Waals surface area contributed by atoms with E-state index >= 15 is 0 Å². The number of hydrogen-bond donors (Lipinski definition) is 3. The summed E-state index contributed by atoms with van der Waals surface area (Å²) < 4.78 is 1.34. The fourth-order valence-corrected chi connectivity index (χ4v) is 1.43. The lowest BCUT2D eigenvalue weighted by Gasteiger charge is -2.07. The van der Waals surface area contributed by atoms with Crippen LogP contribution in [0.25, 0.3) is 5.69 Å². The van der Waals surface area contributed by atoms with Crippen molar-refractivity contribution >= 4 is 11.4 Å². The van der Waals surface area contributed by atoms with Crippen molar-refractivity contribution in [3.63, 3.8) is 0 Å². The predicted molar refractivity (Wildman–Crippen MR) is 62.5 cm³/mol. The highest BCUT2D eigenvalue weighted by molar-refractivity contribution is 5.51. The number of rotatable bonds is 1. The Labute approximate surface area is 91.6 Å². The molecule has 0 radical (unpaired) electrons. The molecule has 5 heteroatoms. The third kappa shape index (κ3) is 1.70. The van der Waals surface area contributed by atoms with E-state index in [1.165, 1.54) is 29.0 Å². The molecule has 2 aromatic rings. The number of benzene rings is 1. The minimum atomic E-state index is -0.333. The molecule has 0 saturated carbocycles. The zero-order valence-electron chi connectivity index (χ0n) is 8.42. The van der Waals surface area contributed by atoms with Gasteiger partial charge in [-0.2, -0.15) is 0 Å². The van der Waals surface area contributed by atoms with Gasteiger partial charge in [-0.15, -0.1) is 0 Å². The summed E-state index contributed by atoms with van der Waals surface area (Å²) in [7, 11) is 0. The molecule has 0 saturated heterocycles. The van der Waals surface area contributed by atoms with Gasteiger partial charge >= 0.3 is 0 Å². The molecule has 0 spiro atoms. The Morgan fingerprint density at radius 3 is 2.38 bits per heavy atom. The zero-order chi connectivity index (χ0) is 11.7. The van der Waals surface area contributed by atoms with Crippen molar-refractivity contribution in [3.8, 4) is 11.4 Å². The zero-order valence-corrected chi connectivity index (χ0v) is 8.42. The minimum absolute atomic E-state index is 0.0908. The molecule has 0 amide bonds. The molecule has 82 valence electrons. The third-order valence-corrected chi connectivity index (χ3v) is 2.19. The van der Waals surface area contributed by atoms with Crippen LogP contribution in [0.4, 0.5) is 11.4 Å². The number of aromatic nitrogens is 1.